The van der Waals surface area contributed by atoms with Gasteiger partial charge in [-0.25, -0.2) is 4.98 Å². The highest BCUT2D eigenvalue weighted by molar-refractivity contribution is 5.77. The van der Waals surface area contributed by atoms with Crippen LogP contribution >= 0.6 is 0 Å². The van der Waals surface area contributed by atoms with Crippen molar-refractivity contribution in [2.75, 3.05) is 44.9 Å². The van der Waals surface area contributed by atoms with Crippen LogP contribution < -0.4 is 10.5 Å². The average Bonchev–Trinajstić information content (AvgIpc) is 2.81. The Balaban J connectivity index is 1.67. The Morgan fingerprint density at radius 1 is 1.19 bits per heavy atom. The number of morpholine rings is 1. The molecule has 172 valence electrons. The van der Waals surface area contributed by atoms with Gasteiger partial charge in [-0.3, -0.25) is 19.4 Å². The fourth-order valence-electron chi connectivity index (χ4n) is 3.63. The van der Waals surface area contributed by atoms with Crippen LogP contribution in [0.3, 0.4) is 0 Å². The summed E-state index contributed by atoms with van der Waals surface area (Å²) in [4.78, 5) is 48.3. The van der Waals surface area contributed by atoms with Gasteiger partial charge >= 0.3 is 5.97 Å². The average molecular weight is 443 g/mol. The molecule has 1 aliphatic rings. The number of aromatic nitrogens is 2. The van der Waals surface area contributed by atoms with Gasteiger partial charge in [0.1, 0.15) is 0 Å². The maximum atomic E-state index is 13.0. The van der Waals surface area contributed by atoms with Crippen LogP contribution in [0.5, 0.6) is 0 Å². The summed E-state index contributed by atoms with van der Waals surface area (Å²) in [5.41, 5.74) is 1.86. The van der Waals surface area contributed by atoms with E-state index in [9.17, 15) is 14.4 Å². The highest BCUT2D eigenvalue weighted by Crippen LogP contribution is 2.13. The van der Waals surface area contributed by atoms with Crippen LogP contribution in [0.15, 0.2) is 35.1 Å². The van der Waals surface area contributed by atoms with Crippen LogP contribution in [0.1, 0.15) is 29.7 Å². The molecule has 0 aliphatic carbocycles. The molecular weight excluding hydrogens is 412 g/mol. The molecule has 1 aliphatic heterocycles. The van der Waals surface area contributed by atoms with E-state index in [4.69, 9.17) is 9.47 Å². The number of ether oxygens (including phenoxy) is 2. The van der Waals surface area contributed by atoms with Crippen LogP contribution in [-0.2, 0) is 32.0 Å². The Labute approximate surface area is 187 Å². The van der Waals surface area contributed by atoms with Crippen molar-refractivity contribution in [2.24, 2.45) is 0 Å². The van der Waals surface area contributed by atoms with Gasteiger partial charge in [0.25, 0.3) is 5.56 Å². The zero-order chi connectivity index (χ0) is 22.9. The summed E-state index contributed by atoms with van der Waals surface area (Å²) in [5.74, 6) is 0.0366. The number of benzene rings is 1. The number of hydrogen-bond acceptors (Lipinski definition) is 7. The molecule has 9 heteroatoms. The minimum Gasteiger partial charge on any atom is -0.469 e. The smallest absolute Gasteiger partial charge is 0.307 e. The number of H-pyrrole nitrogens is 1. The zero-order valence-corrected chi connectivity index (χ0v) is 18.6. The van der Waals surface area contributed by atoms with Crippen molar-refractivity contribution in [1.82, 2.24) is 14.9 Å². The number of aryl methyl sites for hydroxylation is 1. The highest BCUT2D eigenvalue weighted by Gasteiger charge is 2.19. The Hall–Kier alpha value is -3.20. The second-order valence-corrected chi connectivity index (χ2v) is 7.68. The van der Waals surface area contributed by atoms with E-state index in [-0.39, 0.29) is 43.2 Å². The van der Waals surface area contributed by atoms with E-state index in [0.717, 1.165) is 5.56 Å². The van der Waals surface area contributed by atoms with Gasteiger partial charge < -0.3 is 19.3 Å². The second kappa shape index (κ2) is 11.4. The number of anilines is 1. The van der Waals surface area contributed by atoms with Crippen molar-refractivity contribution in [3.8, 4) is 0 Å². The number of methoxy groups -OCH3 is 1. The van der Waals surface area contributed by atoms with Gasteiger partial charge in [0.05, 0.1) is 26.7 Å². The first kappa shape index (κ1) is 23.5. The number of nitrogens with zero attached hydrogens (tertiary/aromatic N) is 3. The summed E-state index contributed by atoms with van der Waals surface area (Å²) < 4.78 is 10.1. The van der Waals surface area contributed by atoms with Gasteiger partial charge in [0.2, 0.25) is 11.9 Å². The SMILES string of the molecule is COC(=O)CCN(Cc1ccccc1)C(=O)CCc1c(C)nc(N2CCOCC2)[nH]c1=O. The van der Waals surface area contributed by atoms with E-state index in [2.05, 4.69) is 9.97 Å². The van der Waals surface area contributed by atoms with Gasteiger partial charge in [-0.15, -0.1) is 0 Å². The lowest BCUT2D eigenvalue weighted by Gasteiger charge is -2.27. The topological polar surface area (TPSA) is 105 Å². The first-order chi connectivity index (χ1) is 15.5. The van der Waals surface area contributed by atoms with Crippen LogP contribution in [0.4, 0.5) is 5.95 Å². The van der Waals surface area contributed by atoms with Crippen LogP contribution in [0.25, 0.3) is 0 Å². The molecule has 0 saturated carbocycles. The van der Waals surface area contributed by atoms with Crippen molar-refractivity contribution in [1.29, 1.82) is 0 Å². The van der Waals surface area contributed by atoms with E-state index >= 15 is 0 Å². The first-order valence-corrected chi connectivity index (χ1v) is 10.8. The molecule has 0 atom stereocenters. The van der Waals surface area contributed by atoms with Crippen LogP contribution in [0.2, 0.25) is 0 Å². The third kappa shape index (κ3) is 6.40. The maximum absolute atomic E-state index is 13.0. The number of carbonyl (C=O) groups is 2. The van der Waals surface area contributed by atoms with Crippen LogP contribution in [-0.4, -0.2) is 66.7 Å². The van der Waals surface area contributed by atoms with E-state index in [1.165, 1.54) is 7.11 Å². The molecule has 1 aromatic carbocycles. The highest BCUT2D eigenvalue weighted by atomic mass is 16.5. The van der Waals surface area contributed by atoms with Gasteiger partial charge in [-0.2, -0.15) is 0 Å². The summed E-state index contributed by atoms with van der Waals surface area (Å²) in [5, 5.41) is 0. The third-order valence-corrected chi connectivity index (χ3v) is 5.49. The standard InChI is InChI=1S/C23H30N4O5/c1-17-19(22(30)25-23(24-17)26-12-14-32-15-13-26)8-9-20(28)27(11-10-21(29)31-2)16-18-6-4-3-5-7-18/h3-7H,8-16H2,1-2H3,(H,24,25,30). The van der Waals surface area contributed by atoms with Crippen molar-refractivity contribution in [3.63, 3.8) is 0 Å². The molecule has 0 bridgehead atoms. The first-order valence-electron chi connectivity index (χ1n) is 10.8. The minimum absolute atomic E-state index is 0.116. The Bertz CT molecular complexity index is 970. The molecule has 1 saturated heterocycles. The molecule has 1 amide bonds. The molecule has 1 fully saturated rings. The summed E-state index contributed by atoms with van der Waals surface area (Å²) in [6, 6.07) is 9.58. The molecule has 3 rings (SSSR count). The monoisotopic (exact) mass is 442 g/mol. The van der Waals surface area contributed by atoms with Crippen molar-refractivity contribution in [2.45, 2.75) is 32.7 Å². The van der Waals surface area contributed by atoms with Crippen molar-refractivity contribution >= 4 is 17.8 Å². The largest absolute Gasteiger partial charge is 0.469 e. The fraction of sp³-hybridized carbons (Fsp3) is 0.478. The lowest BCUT2D eigenvalue weighted by Crippen LogP contribution is -2.39. The molecule has 2 aromatic rings. The Morgan fingerprint density at radius 3 is 2.56 bits per heavy atom. The lowest BCUT2D eigenvalue weighted by molar-refractivity contribution is -0.142. The molecule has 32 heavy (non-hydrogen) atoms. The van der Waals surface area contributed by atoms with E-state index in [1.807, 2.05) is 35.2 Å². The number of carbonyl (C=O) groups excluding carboxylic acids is 2. The molecule has 0 radical (unpaired) electrons. The summed E-state index contributed by atoms with van der Waals surface area (Å²) in [6.07, 6.45) is 0.543. The number of hydrogen-bond donors (Lipinski definition) is 1. The number of rotatable bonds is 9. The quantitative estimate of drug-likeness (QED) is 0.586. The van der Waals surface area contributed by atoms with Crippen LogP contribution in [0, 0.1) is 6.92 Å². The second-order valence-electron chi connectivity index (χ2n) is 7.68. The summed E-state index contributed by atoms with van der Waals surface area (Å²) in [7, 11) is 1.33. The van der Waals surface area contributed by atoms with E-state index in [1.54, 1.807) is 11.8 Å². The number of amides is 1. The molecule has 2 heterocycles. The molecular formula is C23H30N4O5. The zero-order valence-electron chi connectivity index (χ0n) is 18.6. The van der Waals surface area contributed by atoms with Gasteiger partial charge in [-0.05, 0) is 18.9 Å². The lowest BCUT2D eigenvalue weighted by atomic mass is 10.1. The van der Waals surface area contributed by atoms with Crippen molar-refractivity contribution in [3.05, 3.63) is 57.5 Å². The maximum Gasteiger partial charge on any atom is 0.307 e. The van der Waals surface area contributed by atoms with Gasteiger partial charge in [0, 0.05) is 43.9 Å². The number of nitrogens with one attached hydrogen (secondary N) is 1. The van der Waals surface area contributed by atoms with E-state index < -0.39 is 0 Å². The Kier molecular flexibility index (Phi) is 8.38. The normalized spacial score (nSPS) is 13.6. The van der Waals surface area contributed by atoms with Gasteiger partial charge in [-0.1, -0.05) is 30.3 Å². The summed E-state index contributed by atoms with van der Waals surface area (Å²) >= 11 is 0. The summed E-state index contributed by atoms with van der Waals surface area (Å²) in [6.45, 7) is 4.98. The van der Waals surface area contributed by atoms with Gasteiger partial charge in [0.15, 0.2) is 0 Å². The molecule has 0 unspecified atom stereocenters. The third-order valence-electron chi connectivity index (χ3n) is 5.49. The predicted octanol–water partition coefficient (Wildman–Crippen LogP) is 1.44. The molecule has 9 nitrogen and oxygen atoms in total. The number of aromatic amines is 1. The molecule has 0 spiro atoms. The van der Waals surface area contributed by atoms with E-state index in [0.29, 0.717) is 50.1 Å². The fourth-order valence-corrected chi connectivity index (χ4v) is 3.63. The predicted molar refractivity (Wildman–Crippen MR) is 119 cm³/mol. The van der Waals surface area contributed by atoms with Crippen molar-refractivity contribution < 1.29 is 19.1 Å². The molecule has 1 N–H and O–H groups in total. The molecule has 1 aromatic heterocycles. The number of esters is 1. The Morgan fingerprint density at radius 2 is 1.91 bits per heavy atom. The minimum atomic E-state index is -0.369.